The first-order valence-corrected chi connectivity index (χ1v) is 5.74. The molecule has 0 amide bonds. The zero-order valence-corrected chi connectivity index (χ0v) is 11.2. The Bertz CT molecular complexity index is 613. The van der Waals surface area contributed by atoms with Crippen molar-refractivity contribution in [3.05, 3.63) is 29.3 Å². The molecule has 0 aliphatic carbocycles. The standard InChI is InChI=1S/C12H13F2N5O/c1-6-4-5-7(13)9(8(6)14)16-11-17-10(15-2)18-12(19-11)20-3/h4-5H,1-3H3,(H2,15,16,17,18,19). The Labute approximate surface area is 114 Å². The minimum absolute atomic E-state index is 0.0235. The summed E-state index contributed by atoms with van der Waals surface area (Å²) in [6.45, 7) is 1.53. The quantitative estimate of drug-likeness (QED) is 0.895. The third kappa shape index (κ3) is 2.73. The monoisotopic (exact) mass is 281 g/mol. The number of nitrogens with one attached hydrogen (secondary N) is 2. The fraction of sp³-hybridized carbons (Fsp3) is 0.250. The van der Waals surface area contributed by atoms with Crippen molar-refractivity contribution in [2.75, 3.05) is 24.8 Å². The smallest absolute Gasteiger partial charge is 0.322 e. The van der Waals surface area contributed by atoms with Crippen LogP contribution in [0.3, 0.4) is 0 Å². The molecule has 2 N–H and O–H groups in total. The van der Waals surface area contributed by atoms with Crippen molar-refractivity contribution in [1.82, 2.24) is 15.0 Å². The van der Waals surface area contributed by atoms with E-state index < -0.39 is 11.6 Å². The molecular formula is C12H13F2N5O. The second kappa shape index (κ2) is 5.64. The zero-order chi connectivity index (χ0) is 14.7. The SMILES string of the molecule is CNc1nc(Nc2c(F)ccc(C)c2F)nc(OC)n1. The number of aromatic nitrogens is 3. The molecule has 1 aromatic heterocycles. The molecule has 0 atom stereocenters. The van der Waals surface area contributed by atoms with Gasteiger partial charge < -0.3 is 15.4 Å². The lowest BCUT2D eigenvalue weighted by molar-refractivity contribution is 0.379. The van der Waals surface area contributed by atoms with Gasteiger partial charge in [0.05, 0.1) is 7.11 Å². The number of aryl methyl sites for hydroxylation is 1. The summed E-state index contributed by atoms with van der Waals surface area (Å²) in [7, 11) is 2.98. The van der Waals surface area contributed by atoms with E-state index in [4.69, 9.17) is 4.74 Å². The number of hydrogen-bond donors (Lipinski definition) is 2. The van der Waals surface area contributed by atoms with E-state index >= 15 is 0 Å². The van der Waals surface area contributed by atoms with Crippen molar-refractivity contribution in [2.24, 2.45) is 0 Å². The summed E-state index contributed by atoms with van der Waals surface area (Å²) < 4.78 is 32.4. The van der Waals surface area contributed by atoms with E-state index in [9.17, 15) is 8.78 Å². The Morgan fingerprint density at radius 3 is 2.45 bits per heavy atom. The molecule has 0 bridgehead atoms. The molecule has 0 saturated heterocycles. The van der Waals surface area contributed by atoms with E-state index in [1.807, 2.05) is 0 Å². The van der Waals surface area contributed by atoms with Gasteiger partial charge in [0.15, 0.2) is 5.82 Å². The number of halogens is 2. The normalized spacial score (nSPS) is 10.2. The van der Waals surface area contributed by atoms with E-state index in [0.717, 1.165) is 6.07 Å². The third-order valence-electron chi connectivity index (χ3n) is 2.54. The van der Waals surface area contributed by atoms with Gasteiger partial charge in [0, 0.05) is 7.05 Å². The van der Waals surface area contributed by atoms with Gasteiger partial charge in [0.2, 0.25) is 11.9 Å². The Kier molecular flexibility index (Phi) is 3.92. The Morgan fingerprint density at radius 1 is 1.10 bits per heavy atom. The van der Waals surface area contributed by atoms with Crippen molar-refractivity contribution in [3.63, 3.8) is 0 Å². The summed E-state index contributed by atoms with van der Waals surface area (Å²) in [5.41, 5.74) is -0.0101. The molecular weight excluding hydrogens is 268 g/mol. The van der Waals surface area contributed by atoms with Gasteiger partial charge >= 0.3 is 6.01 Å². The third-order valence-corrected chi connectivity index (χ3v) is 2.54. The lowest BCUT2D eigenvalue weighted by Crippen LogP contribution is -2.07. The van der Waals surface area contributed by atoms with Crippen molar-refractivity contribution < 1.29 is 13.5 Å². The fourth-order valence-corrected chi connectivity index (χ4v) is 1.50. The van der Waals surface area contributed by atoms with Crippen molar-refractivity contribution in [3.8, 4) is 6.01 Å². The maximum Gasteiger partial charge on any atom is 0.322 e. The van der Waals surface area contributed by atoms with Gasteiger partial charge in [-0.05, 0) is 18.6 Å². The van der Waals surface area contributed by atoms with E-state index in [1.54, 1.807) is 7.05 Å². The van der Waals surface area contributed by atoms with Crippen molar-refractivity contribution >= 4 is 17.6 Å². The highest BCUT2D eigenvalue weighted by Gasteiger charge is 2.14. The molecule has 106 valence electrons. The summed E-state index contributed by atoms with van der Waals surface area (Å²) >= 11 is 0. The molecule has 2 rings (SSSR count). The zero-order valence-electron chi connectivity index (χ0n) is 11.2. The van der Waals surface area contributed by atoms with Crippen LogP contribution in [0.2, 0.25) is 0 Å². The van der Waals surface area contributed by atoms with Crippen LogP contribution in [0.1, 0.15) is 5.56 Å². The van der Waals surface area contributed by atoms with Crippen LogP contribution in [0.5, 0.6) is 6.01 Å². The lowest BCUT2D eigenvalue weighted by Gasteiger charge is -2.10. The number of rotatable bonds is 4. The first-order valence-electron chi connectivity index (χ1n) is 5.74. The summed E-state index contributed by atoms with van der Waals surface area (Å²) in [5.74, 6) is -1.24. The van der Waals surface area contributed by atoms with Crippen LogP contribution in [-0.4, -0.2) is 29.1 Å². The van der Waals surface area contributed by atoms with E-state index in [2.05, 4.69) is 25.6 Å². The second-order valence-corrected chi connectivity index (χ2v) is 3.90. The summed E-state index contributed by atoms with van der Waals surface area (Å²) in [4.78, 5) is 11.7. The first-order chi connectivity index (χ1) is 9.55. The number of ether oxygens (including phenoxy) is 1. The van der Waals surface area contributed by atoms with Crippen LogP contribution in [-0.2, 0) is 0 Å². The molecule has 6 nitrogen and oxygen atoms in total. The molecule has 0 radical (unpaired) electrons. The van der Waals surface area contributed by atoms with Gasteiger partial charge in [-0.25, -0.2) is 8.78 Å². The van der Waals surface area contributed by atoms with Crippen LogP contribution in [0.4, 0.5) is 26.4 Å². The predicted octanol–water partition coefficient (Wildman–Crippen LogP) is 2.25. The largest absolute Gasteiger partial charge is 0.467 e. The molecule has 0 saturated carbocycles. The topological polar surface area (TPSA) is 72.0 Å². The van der Waals surface area contributed by atoms with Gasteiger partial charge in [-0.15, -0.1) is 0 Å². The molecule has 0 aliphatic heterocycles. The maximum atomic E-state index is 13.9. The molecule has 1 aromatic carbocycles. The number of hydrogen-bond acceptors (Lipinski definition) is 6. The minimum Gasteiger partial charge on any atom is -0.467 e. The van der Waals surface area contributed by atoms with Crippen molar-refractivity contribution in [2.45, 2.75) is 6.92 Å². The highest BCUT2D eigenvalue weighted by molar-refractivity contribution is 5.57. The van der Waals surface area contributed by atoms with Crippen molar-refractivity contribution in [1.29, 1.82) is 0 Å². The van der Waals surface area contributed by atoms with Crippen LogP contribution in [0, 0.1) is 18.6 Å². The fourth-order valence-electron chi connectivity index (χ4n) is 1.50. The average Bonchev–Trinajstić information content (AvgIpc) is 2.47. The summed E-state index contributed by atoms with van der Waals surface area (Å²) in [5, 5.41) is 5.20. The minimum atomic E-state index is -0.738. The van der Waals surface area contributed by atoms with E-state index in [-0.39, 0.29) is 23.6 Å². The maximum absolute atomic E-state index is 13.9. The molecule has 8 heteroatoms. The number of nitrogens with zero attached hydrogens (tertiary/aromatic N) is 3. The number of anilines is 3. The van der Waals surface area contributed by atoms with Crippen LogP contribution in [0.15, 0.2) is 12.1 Å². The van der Waals surface area contributed by atoms with Crippen LogP contribution >= 0.6 is 0 Å². The van der Waals surface area contributed by atoms with Gasteiger partial charge in [0.1, 0.15) is 11.5 Å². The molecule has 0 unspecified atom stereocenters. The molecule has 0 aliphatic rings. The Hall–Kier alpha value is -2.51. The average molecular weight is 281 g/mol. The highest BCUT2D eigenvalue weighted by atomic mass is 19.1. The molecule has 20 heavy (non-hydrogen) atoms. The first kappa shape index (κ1) is 13.9. The molecule has 0 fully saturated rings. The van der Waals surface area contributed by atoms with Gasteiger partial charge in [-0.3, -0.25) is 0 Å². The van der Waals surface area contributed by atoms with E-state index in [0.29, 0.717) is 5.56 Å². The predicted molar refractivity (Wildman–Crippen MR) is 70.3 cm³/mol. The van der Waals surface area contributed by atoms with Crippen LogP contribution in [0.25, 0.3) is 0 Å². The summed E-state index contributed by atoms with van der Waals surface area (Å²) in [6.07, 6.45) is 0. The molecule has 2 aromatic rings. The van der Waals surface area contributed by atoms with Gasteiger partial charge in [-0.2, -0.15) is 15.0 Å². The number of benzene rings is 1. The van der Waals surface area contributed by atoms with Gasteiger partial charge in [0.25, 0.3) is 0 Å². The summed E-state index contributed by atoms with van der Waals surface area (Å²) in [6, 6.07) is 2.54. The van der Waals surface area contributed by atoms with Crippen LogP contribution < -0.4 is 15.4 Å². The van der Waals surface area contributed by atoms with Gasteiger partial charge in [-0.1, -0.05) is 6.07 Å². The Morgan fingerprint density at radius 2 is 1.80 bits per heavy atom. The molecule has 0 spiro atoms. The lowest BCUT2D eigenvalue weighted by atomic mass is 10.2. The Balaban J connectivity index is 2.42. The molecule has 1 heterocycles. The van der Waals surface area contributed by atoms with E-state index in [1.165, 1.54) is 20.1 Å². The second-order valence-electron chi connectivity index (χ2n) is 3.90. The highest BCUT2D eigenvalue weighted by Crippen LogP contribution is 2.24. The number of methoxy groups -OCH3 is 1.